The van der Waals surface area contributed by atoms with E-state index in [1.165, 1.54) is 23.9 Å². The number of thioether (sulfide) groups is 1. The van der Waals surface area contributed by atoms with Gasteiger partial charge >= 0.3 is 5.69 Å². The first-order valence-corrected chi connectivity index (χ1v) is 10.3. The molecule has 0 saturated carbocycles. The Labute approximate surface area is 171 Å². The molecule has 0 spiro atoms. The first-order chi connectivity index (χ1) is 14.1. The fraction of sp³-hybridized carbons (Fsp3) is 0.238. The second-order valence-corrected chi connectivity index (χ2v) is 7.70. The van der Waals surface area contributed by atoms with Crippen LogP contribution in [0.25, 0.3) is 0 Å². The van der Waals surface area contributed by atoms with Gasteiger partial charge in [0.05, 0.1) is 18.0 Å². The third-order valence-electron chi connectivity index (χ3n) is 4.78. The maximum absolute atomic E-state index is 13.7. The van der Waals surface area contributed by atoms with Crippen molar-refractivity contribution in [3.63, 3.8) is 0 Å². The van der Waals surface area contributed by atoms with Crippen LogP contribution in [0, 0.1) is 5.82 Å². The van der Waals surface area contributed by atoms with Gasteiger partial charge < -0.3 is 5.32 Å². The van der Waals surface area contributed by atoms with E-state index in [1.54, 1.807) is 29.1 Å². The number of carbonyl (C=O) groups is 1. The smallest absolute Gasteiger partial charge is 0.323 e. The zero-order valence-corrected chi connectivity index (χ0v) is 16.4. The number of carbonyl (C=O) groups excluding carboxylic acids is 1. The number of rotatable bonds is 6. The monoisotopic (exact) mass is 410 g/mol. The van der Waals surface area contributed by atoms with Gasteiger partial charge in [-0.15, -0.1) is 0 Å². The molecule has 2 heterocycles. The summed E-state index contributed by atoms with van der Waals surface area (Å²) in [4.78, 5) is 33.1. The standard InChI is InChI=1S/C21H19FN4O2S/c22-16-5-1-2-6-17(16)24-19(27)13-29-20-15-4-3-7-18(15)26(21(28)25-20)12-14-8-10-23-11-9-14/h1-2,5-6,8-11H,3-4,7,12-13H2,(H,24,27). The van der Waals surface area contributed by atoms with E-state index in [1.807, 2.05) is 12.1 Å². The van der Waals surface area contributed by atoms with E-state index < -0.39 is 5.82 Å². The summed E-state index contributed by atoms with van der Waals surface area (Å²) in [5.74, 6) is -0.764. The minimum Gasteiger partial charge on any atom is -0.323 e. The van der Waals surface area contributed by atoms with Gasteiger partial charge in [0, 0.05) is 23.7 Å². The highest BCUT2D eigenvalue weighted by atomic mass is 32.2. The molecule has 148 valence electrons. The van der Waals surface area contributed by atoms with E-state index >= 15 is 0 Å². The molecule has 0 saturated heterocycles. The summed E-state index contributed by atoms with van der Waals surface area (Å²) in [5, 5.41) is 3.15. The molecular formula is C21H19FN4O2S. The first-order valence-electron chi connectivity index (χ1n) is 9.30. The Morgan fingerprint density at radius 3 is 2.76 bits per heavy atom. The van der Waals surface area contributed by atoms with Crippen LogP contribution in [0.4, 0.5) is 10.1 Å². The van der Waals surface area contributed by atoms with E-state index in [-0.39, 0.29) is 23.0 Å². The molecule has 1 amide bonds. The lowest BCUT2D eigenvalue weighted by molar-refractivity contribution is -0.113. The molecular weight excluding hydrogens is 391 g/mol. The van der Waals surface area contributed by atoms with Crippen molar-refractivity contribution in [2.45, 2.75) is 30.8 Å². The van der Waals surface area contributed by atoms with Gasteiger partial charge in [-0.25, -0.2) is 9.18 Å². The molecule has 0 atom stereocenters. The van der Waals surface area contributed by atoms with Gasteiger partial charge in [0.2, 0.25) is 5.91 Å². The van der Waals surface area contributed by atoms with Crippen molar-refractivity contribution < 1.29 is 9.18 Å². The largest absolute Gasteiger partial charge is 0.349 e. The van der Waals surface area contributed by atoms with Crippen LogP contribution >= 0.6 is 11.8 Å². The second kappa shape index (κ2) is 8.57. The molecule has 1 N–H and O–H groups in total. The minimum absolute atomic E-state index is 0.0571. The molecule has 0 aliphatic heterocycles. The lowest BCUT2D eigenvalue weighted by Gasteiger charge is -2.14. The summed E-state index contributed by atoms with van der Waals surface area (Å²) in [6.45, 7) is 0.454. The molecule has 8 heteroatoms. The maximum atomic E-state index is 13.7. The Hall–Kier alpha value is -3.00. The van der Waals surface area contributed by atoms with Crippen molar-refractivity contribution in [1.82, 2.24) is 14.5 Å². The lowest BCUT2D eigenvalue weighted by atomic mass is 10.2. The molecule has 0 unspecified atom stereocenters. The predicted octanol–water partition coefficient (Wildman–Crippen LogP) is 3.05. The van der Waals surface area contributed by atoms with Gasteiger partial charge in [-0.3, -0.25) is 14.3 Å². The number of fused-ring (bicyclic) bond motifs is 1. The van der Waals surface area contributed by atoms with Gasteiger partial charge in [-0.2, -0.15) is 4.98 Å². The van der Waals surface area contributed by atoms with Crippen LogP contribution in [0.1, 0.15) is 23.2 Å². The van der Waals surface area contributed by atoms with Gasteiger partial charge in [-0.05, 0) is 49.1 Å². The quantitative estimate of drug-likeness (QED) is 0.499. The van der Waals surface area contributed by atoms with Crippen molar-refractivity contribution in [1.29, 1.82) is 0 Å². The summed E-state index contributed by atoms with van der Waals surface area (Å²) in [6.07, 6.45) is 5.99. The highest BCUT2D eigenvalue weighted by Crippen LogP contribution is 2.29. The number of pyridine rings is 1. The van der Waals surface area contributed by atoms with E-state index in [4.69, 9.17) is 0 Å². The Morgan fingerprint density at radius 1 is 1.17 bits per heavy atom. The lowest BCUT2D eigenvalue weighted by Crippen LogP contribution is -2.28. The summed E-state index contributed by atoms with van der Waals surface area (Å²) < 4.78 is 15.4. The molecule has 2 aromatic heterocycles. The van der Waals surface area contributed by atoms with Gasteiger partial charge in [0.1, 0.15) is 10.8 Å². The summed E-state index contributed by atoms with van der Waals surface area (Å²) >= 11 is 1.22. The van der Waals surface area contributed by atoms with Crippen LogP contribution < -0.4 is 11.0 Å². The Bertz CT molecular complexity index is 1100. The number of aromatic nitrogens is 3. The fourth-order valence-electron chi connectivity index (χ4n) is 3.42. The van der Waals surface area contributed by atoms with Crippen LogP contribution in [0.3, 0.4) is 0 Å². The molecule has 29 heavy (non-hydrogen) atoms. The molecule has 6 nitrogen and oxygen atoms in total. The van der Waals surface area contributed by atoms with Crippen LogP contribution in [-0.4, -0.2) is 26.2 Å². The molecule has 3 aromatic rings. The predicted molar refractivity (Wildman–Crippen MR) is 110 cm³/mol. The highest BCUT2D eigenvalue weighted by Gasteiger charge is 2.22. The summed E-state index contributed by atoms with van der Waals surface area (Å²) in [5.41, 5.74) is 2.83. The number of anilines is 1. The second-order valence-electron chi connectivity index (χ2n) is 6.74. The number of benzene rings is 1. The number of amides is 1. The zero-order valence-electron chi connectivity index (χ0n) is 15.6. The number of halogens is 1. The molecule has 1 aromatic carbocycles. The van der Waals surface area contributed by atoms with E-state index in [0.29, 0.717) is 11.6 Å². The number of nitrogens with zero attached hydrogens (tertiary/aromatic N) is 3. The highest BCUT2D eigenvalue weighted by molar-refractivity contribution is 8.00. The Kier molecular flexibility index (Phi) is 5.71. The van der Waals surface area contributed by atoms with Gasteiger partial charge in [-0.1, -0.05) is 23.9 Å². The number of nitrogens with one attached hydrogen (secondary N) is 1. The van der Waals surface area contributed by atoms with Gasteiger partial charge in [0.25, 0.3) is 0 Å². The van der Waals surface area contributed by atoms with E-state index in [2.05, 4.69) is 15.3 Å². The van der Waals surface area contributed by atoms with E-state index in [9.17, 15) is 14.0 Å². The summed E-state index contributed by atoms with van der Waals surface area (Å²) in [7, 11) is 0. The molecule has 4 rings (SSSR count). The van der Waals surface area contributed by atoms with E-state index in [0.717, 1.165) is 36.1 Å². The Morgan fingerprint density at radius 2 is 1.97 bits per heavy atom. The molecule has 1 aliphatic carbocycles. The zero-order chi connectivity index (χ0) is 20.2. The number of hydrogen-bond donors (Lipinski definition) is 1. The SMILES string of the molecule is O=C(CSc1nc(=O)n(Cc2ccncc2)c2c1CCC2)Nc1ccccc1F. The number of hydrogen-bond acceptors (Lipinski definition) is 5. The molecule has 0 bridgehead atoms. The van der Waals surface area contributed by atoms with Crippen molar-refractivity contribution in [3.05, 3.63) is 81.9 Å². The van der Waals surface area contributed by atoms with Crippen LogP contribution in [0.5, 0.6) is 0 Å². The molecule has 0 fully saturated rings. The third kappa shape index (κ3) is 4.37. The third-order valence-corrected chi connectivity index (χ3v) is 5.80. The minimum atomic E-state index is -0.483. The van der Waals surface area contributed by atoms with Crippen LogP contribution in [0.2, 0.25) is 0 Å². The number of para-hydroxylation sites is 1. The average molecular weight is 410 g/mol. The fourth-order valence-corrected chi connectivity index (χ4v) is 4.30. The van der Waals surface area contributed by atoms with Crippen molar-refractivity contribution in [2.24, 2.45) is 0 Å². The van der Waals surface area contributed by atoms with Crippen molar-refractivity contribution >= 4 is 23.4 Å². The molecule has 0 radical (unpaired) electrons. The maximum Gasteiger partial charge on any atom is 0.349 e. The normalized spacial score (nSPS) is 12.6. The Balaban J connectivity index is 1.51. The van der Waals surface area contributed by atoms with Crippen LogP contribution in [-0.2, 0) is 24.2 Å². The average Bonchev–Trinajstić information content (AvgIpc) is 3.21. The summed E-state index contributed by atoms with van der Waals surface area (Å²) in [6, 6.07) is 9.78. The van der Waals surface area contributed by atoms with Gasteiger partial charge in [0.15, 0.2) is 0 Å². The van der Waals surface area contributed by atoms with Crippen LogP contribution in [0.15, 0.2) is 58.6 Å². The molecule has 1 aliphatic rings. The van der Waals surface area contributed by atoms with Crippen molar-refractivity contribution in [2.75, 3.05) is 11.1 Å². The van der Waals surface area contributed by atoms with Crippen molar-refractivity contribution in [3.8, 4) is 0 Å². The topological polar surface area (TPSA) is 76.9 Å². The first kappa shape index (κ1) is 19.3.